The fourth-order valence-corrected chi connectivity index (χ4v) is 3.17. The summed E-state index contributed by atoms with van der Waals surface area (Å²) < 4.78 is 5.66. The van der Waals surface area contributed by atoms with Crippen molar-refractivity contribution < 1.29 is 9.21 Å². The Kier molecular flexibility index (Phi) is 5.73. The lowest BCUT2D eigenvalue weighted by Crippen LogP contribution is -2.24. The minimum absolute atomic E-state index is 0.0961. The third kappa shape index (κ3) is 4.61. The van der Waals surface area contributed by atoms with E-state index in [1.807, 2.05) is 49.4 Å². The summed E-state index contributed by atoms with van der Waals surface area (Å²) in [4.78, 5) is 12.4. The highest BCUT2D eigenvalue weighted by Crippen LogP contribution is 2.29. The van der Waals surface area contributed by atoms with Crippen molar-refractivity contribution in [2.45, 2.75) is 23.8 Å². The van der Waals surface area contributed by atoms with E-state index in [-0.39, 0.29) is 11.2 Å². The number of aromatic nitrogens is 2. The molecule has 1 aromatic heterocycles. The predicted octanol–water partition coefficient (Wildman–Crippen LogP) is 4.90. The van der Waals surface area contributed by atoms with Gasteiger partial charge in [-0.25, -0.2) is 0 Å². The van der Waals surface area contributed by atoms with E-state index in [2.05, 4.69) is 15.5 Å². The summed E-state index contributed by atoms with van der Waals surface area (Å²) in [6.45, 7) is 1.94. The molecule has 0 aliphatic carbocycles. The summed E-state index contributed by atoms with van der Waals surface area (Å²) in [5, 5.41) is 11.6. The average Bonchev–Trinajstić information content (AvgIpc) is 3.09. The number of nitrogens with zero attached hydrogens (tertiary/aromatic N) is 2. The summed E-state index contributed by atoms with van der Waals surface area (Å²) in [6.07, 6.45) is 0.637. The van der Waals surface area contributed by atoms with Crippen LogP contribution in [0.4, 0.5) is 5.69 Å². The molecule has 0 bridgehead atoms. The summed E-state index contributed by atoms with van der Waals surface area (Å²) in [6, 6.07) is 16.5. The van der Waals surface area contributed by atoms with Crippen molar-refractivity contribution in [3.05, 3.63) is 59.6 Å². The Morgan fingerprint density at radius 2 is 2.00 bits per heavy atom. The first kappa shape index (κ1) is 17.5. The first-order valence-corrected chi connectivity index (χ1v) is 9.03. The monoisotopic (exact) mass is 373 g/mol. The van der Waals surface area contributed by atoms with Gasteiger partial charge < -0.3 is 9.73 Å². The van der Waals surface area contributed by atoms with Crippen molar-refractivity contribution in [1.82, 2.24) is 10.2 Å². The van der Waals surface area contributed by atoms with Crippen molar-refractivity contribution in [1.29, 1.82) is 0 Å². The first-order chi connectivity index (χ1) is 12.2. The third-order valence-corrected chi connectivity index (χ3v) is 4.86. The van der Waals surface area contributed by atoms with E-state index < -0.39 is 0 Å². The lowest BCUT2D eigenvalue weighted by Gasteiger charge is -2.12. The van der Waals surface area contributed by atoms with Crippen LogP contribution in [0.1, 0.15) is 13.3 Å². The molecule has 0 aliphatic rings. The second-order valence-electron chi connectivity index (χ2n) is 5.25. The standard InChI is InChI=1S/C18H16ClN3O2S/c1-2-15(16(23)20-14-9-4-3-5-10-14)25-18-22-21-17(24-18)12-7-6-8-13(19)11-12/h3-11,15H,2H2,1H3,(H,20,23)/t15-/m0/s1. The Balaban J connectivity index is 1.69. The summed E-state index contributed by atoms with van der Waals surface area (Å²) in [7, 11) is 0. The molecule has 1 atom stereocenters. The number of rotatable bonds is 6. The number of benzene rings is 2. The van der Waals surface area contributed by atoms with Crippen LogP contribution in [0.5, 0.6) is 0 Å². The molecule has 0 fully saturated rings. The summed E-state index contributed by atoms with van der Waals surface area (Å²) in [5.74, 6) is 0.282. The minimum Gasteiger partial charge on any atom is -0.411 e. The Morgan fingerprint density at radius 3 is 2.72 bits per heavy atom. The van der Waals surface area contributed by atoms with Gasteiger partial charge in [0.15, 0.2) is 0 Å². The minimum atomic E-state index is -0.326. The van der Waals surface area contributed by atoms with E-state index in [0.717, 1.165) is 11.3 Å². The van der Waals surface area contributed by atoms with Gasteiger partial charge in [0.2, 0.25) is 11.8 Å². The van der Waals surface area contributed by atoms with E-state index >= 15 is 0 Å². The van der Waals surface area contributed by atoms with Crippen LogP contribution in [0, 0.1) is 0 Å². The van der Waals surface area contributed by atoms with Gasteiger partial charge in [-0.05, 0) is 36.8 Å². The molecule has 1 N–H and O–H groups in total. The SMILES string of the molecule is CC[C@H](Sc1nnc(-c2cccc(Cl)c2)o1)C(=O)Nc1ccccc1. The largest absolute Gasteiger partial charge is 0.411 e. The molecule has 128 valence electrons. The van der Waals surface area contributed by atoms with Gasteiger partial charge in [0.1, 0.15) is 0 Å². The van der Waals surface area contributed by atoms with E-state index in [0.29, 0.717) is 22.6 Å². The second-order valence-corrected chi connectivity index (χ2v) is 6.84. The van der Waals surface area contributed by atoms with Crippen LogP contribution in [-0.4, -0.2) is 21.4 Å². The van der Waals surface area contributed by atoms with Crippen molar-refractivity contribution in [2.24, 2.45) is 0 Å². The average molecular weight is 374 g/mol. The molecule has 5 nitrogen and oxygen atoms in total. The normalized spacial score (nSPS) is 11.9. The Bertz CT molecular complexity index is 854. The van der Waals surface area contributed by atoms with Crippen LogP contribution in [0.3, 0.4) is 0 Å². The van der Waals surface area contributed by atoms with Gasteiger partial charge in [0, 0.05) is 16.3 Å². The quantitative estimate of drug-likeness (QED) is 0.622. The highest BCUT2D eigenvalue weighted by Gasteiger charge is 2.21. The number of anilines is 1. The fraction of sp³-hybridized carbons (Fsp3) is 0.167. The van der Waals surface area contributed by atoms with Crippen molar-refractivity contribution in [3.63, 3.8) is 0 Å². The Morgan fingerprint density at radius 1 is 1.20 bits per heavy atom. The topological polar surface area (TPSA) is 68.0 Å². The molecule has 25 heavy (non-hydrogen) atoms. The molecule has 1 amide bonds. The zero-order valence-corrected chi connectivity index (χ0v) is 15.1. The molecule has 7 heteroatoms. The molecule has 2 aromatic carbocycles. The number of amides is 1. The highest BCUT2D eigenvalue weighted by molar-refractivity contribution is 8.00. The third-order valence-electron chi connectivity index (χ3n) is 3.43. The number of hydrogen-bond donors (Lipinski definition) is 1. The van der Waals surface area contributed by atoms with Crippen LogP contribution >= 0.6 is 23.4 Å². The molecule has 0 aliphatic heterocycles. The van der Waals surface area contributed by atoms with Crippen LogP contribution in [0.2, 0.25) is 5.02 Å². The van der Waals surface area contributed by atoms with Crippen molar-refractivity contribution >= 4 is 35.0 Å². The van der Waals surface area contributed by atoms with Crippen molar-refractivity contribution in [3.8, 4) is 11.5 Å². The predicted molar refractivity (Wildman–Crippen MR) is 99.8 cm³/mol. The molecule has 3 aromatic rings. The molecular formula is C18H16ClN3O2S. The lowest BCUT2D eigenvalue weighted by atomic mass is 10.2. The highest BCUT2D eigenvalue weighted by atomic mass is 35.5. The van der Waals surface area contributed by atoms with Gasteiger partial charge >= 0.3 is 0 Å². The van der Waals surface area contributed by atoms with Gasteiger partial charge in [0.25, 0.3) is 5.22 Å². The molecular weight excluding hydrogens is 358 g/mol. The summed E-state index contributed by atoms with van der Waals surface area (Å²) in [5.41, 5.74) is 1.50. The maximum Gasteiger partial charge on any atom is 0.277 e. The maximum atomic E-state index is 12.4. The van der Waals surface area contributed by atoms with Gasteiger partial charge in [-0.2, -0.15) is 0 Å². The number of halogens is 1. The number of carbonyl (C=O) groups is 1. The van der Waals surface area contributed by atoms with E-state index in [9.17, 15) is 4.79 Å². The zero-order chi connectivity index (χ0) is 17.6. The molecule has 0 spiro atoms. The Labute approximate surface area is 154 Å². The molecule has 1 heterocycles. The number of para-hydroxylation sites is 1. The molecule has 0 unspecified atom stereocenters. The second kappa shape index (κ2) is 8.18. The summed E-state index contributed by atoms with van der Waals surface area (Å²) >= 11 is 7.23. The van der Waals surface area contributed by atoms with Gasteiger partial charge in [-0.15, -0.1) is 10.2 Å². The van der Waals surface area contributed by atoms with Gasteiger partial charge in [-0.1, -0.05) is 54.6 Å². The van der Waals surface area contributed by atoms with Crippen LogP contribution in [0.15, 0.2) is 64.2 Å². The lowest BCUT2D eigenvalue weighted by molar-refractivity contribution is -0.115. The van der Waals surface area contributed by atoms with Crippen molar-refractivity contribution in [2.75, 3.05) is 5.32 Å². The fourth-order valence-electron chi connectivity index (χ4n) is 2.18. The van der Waals surface area contributed by atoms with Gasteiger partial charge in [-0.3, -0.25) is 4.79 Å². The molecule has 0 saturated carbocycles. The van der Waals surface area contributed by atoms with E-state index in [1.54, 1.807) is 12.1 Å². The maximum absolute atomic E-state index is 12.4. The van der Waals surface area contributed by atoms with E-state index in [4.69, 9.17) is 16.0 Å². The van der Waals surface area contributed by atoms with Gasteiger partial charge in [0.05, 0.1) is 5.25 Å². The zero-order valence-electron chi connectivity index (χ0n) is 13.5. The number of nitrogens with one attached hydrogen (secondary N) is 1. The molecule has 0 radical (unpaired) electrons. The number of thioether (sulfide) groups is 1. The Hall–Kier alpha value is -2.31. The number of carbonyl (C=O) groups excluding carboxylic acids is 1. The first-order valence-electron chi connectivity index (χ1n) is 7.77. The molecule has 3 rings (SSSR count). The number of hydrogen-bond acceptors (Lipinski definition) is 5. The van der Waals surface area contributed by atoms with Crippen LogP contribution < -0.4 is 5.32 Å². The van der Waals surface area contributed by atoms with Crippen LogP contribution in [-0.2, 0) is 4.79 Å². The van der Waals surface area contributed by atoms with E-state index in [1.165, 1.54) is 11.8 Å². The van der Waals surface area contributed by atoms with Crippen LogP contribution in [0.25, 0.3) is 11.5 Å². The molecule has 0 saturated heterocycles. The smallest absolute Gasteiger partial charge is 0.277 e.